The zero-order valence-electron chi connectivity index (χ0n) is 17.4. The van der Waals surface area contributed by atoms with Crippen LogP contribution in [0.15, 0.2) is 29.1 Å². The number of piperidine rings is 1. The first-order valence-corrected chi connectivity index (χ1v) is 10.8. The molecule has 1 fully saturated rings. The van der Waals surface area contributed by atoms with E-state index in [4.69, 9.17) is 4.74 Å². The monoisotopic (exact) mass is 427 g/mol. The fourth-order valence-electron chi connectivity index (χ4n) is 4.22. The zero-order valence-corrected chi connectivity index (χ0v) is 17.4. The molecule has 1 aromatic heterocycles. The Hall–Kier alpha value is -2.87. The number of nitrogens with one attached hydrogen (secondary N) is 1. The van der Waals surface area contributed by atoms with Gasteiger partial charge in [-0.15, -0.1) is 0 Å². The first-order valence-electron chi connectivity index (χ1n) is 10.8. The van der Waals surface area contributed by atoms with E-state index in [1.807, 2.05) is 0 Å². The predicted octanol–water partition coefficient (Wildman–Crippen LogP) is 2.43. The van der Waals surface area contributed by atoms with E-state index in [1.54, 1.807) is 4.90 Å². The Morgan fingerprint density at radius 3 is 2.68 bits per heavy atom. The lowest BCUT2D eigenvalue weighted by molar-refractivity contribution is -0.132. The number of ether oxygens (including phenoxy) is 1. The van der Waals surface area contributed by atoms with Crippen LogP contribution in [0.4, 0.5) is 4.39 Å². The second kappa shape index (κ2) is 9.51. The van der Waals surface area contributed by atoms with Crippen molar-refractivity contribution in [2.45, 2.75) is 45.1 Å². The third kappa shape index (κ3) is 5.07. The molecule has 2 aliphatic rings. The normalized spacial score (nSPS) is 16.7. The summed E-state index contributed by atoms with van der Waals surface area (Å²) in [6.07, 6.45) is 3.38. The van der Waals surface area contributed by atoms with Crippen LogP contribution in [0.25, 0.3) is 0 Å². The van der Waals surface area contributed by atoms with Gasteiger partial charge in [0.2, 0.25) is 5.91 Å². The summed E-state index contributed by atoms with van der Waals surface area (Å²) in [7, 11) is 0. The minimum atomic E-state index is -0.361. The van der Waals surface area contributed by atoms with Gasteiger partial charge in [0, 0.05) is 43.8 Å². The quantitative estimate of drug-likeness (QED) is 0.715. The molecule has 3 heterocycles. The lowest BCUT2D eigenvalue weighted by atomic mass is 9.88. The van der Waals surface area contributed by atoms with E-state index >= 15 is 0 Å². The van der Waals surface area contributed by atoms with Gasteiger partial charge in [0.05, 0.1) is 24.5 Å². The summed E-state index contributed by atoms with van der Waals surface area (Å²) < 4.78 is 18.4. The number of halogens is 1. The highest BCUT2D eigenvalue weighted by Gasteiger charge is 2.27. The Kier molecular flexibility index (Phi) is 6.56. The minimum absolute atomic E-state index is 0.0138. The van der Waals surface area contributed by atoms with Crippen LogP contribution in [0.3, 0.4) is 0 Å². The molecule has 1 N–H and O–H groups in total. The topological polar surface area (TPSA) is 92.4 Å². The van der Waals surface area contributed by atoms with Gasteiger partial charge < -0.3 is 14.6 Å². The molecule has 2 aliphatic heterocycles. The number of nitrogens with zero attached hydrogens (tertiary/aromatic N) is 2. The standard InChI is InChI=1S/C23H26FN3O4/c24-17-6-4-15(5-7-17)22(29)16-8-11-27(12-9-16)21(28)3-1-2-20-25-19-10-13-31-14-18(19)23(30)26-20/h4-7,16H,1-3,8-14H2,(H,25,26,30). The summed E-state index contributed by atoms with van der Waals surface area (Å²) in [5.41, 5.74) is 1.76. The van der Waals surface area contributed by atoms with E-state index in [1.165, 1.54) is 24.3 Å². The highest BCUT2D eigenvalue weighted by atomic mass is 19.1. The van der Waals surface area contributed by atoms with Crippen molar-refractivity contribution >= 4 is 11.7 Å². The van der Waals surface area contributed by atoms with E-state index in [0.717, 1.165) is 5.69 Å². The van der Waals surface area contributed by atoms with Gasteiger partial charge in [-0.1, -0.05) is 0 Å². The summed E-state index contributed by atoms with van der Waals surface area (Å²) in [4.78, 5) is 46.4. The number of aromatic amines is 1. The molecule has 0 aliphatic carbocycles. The van der Waals surface area contributed by atoms with Crippen LogP contribution < -0.4 is 5.56 Å². The number of hydrogen-bond donors (Lipinski definition) is 1. The van der Waals surface area contributed by atoms with Gasteiger partial charge in [0.1, 0.15) is 11.6 Å². The molecule has 0 atom stereocenters. The van der Waals surface area contributed by atoms with Crippen molar-refractivity contribution in [3.8, 4) is 0 Å². The summed E-state index contributed by atoms with van der Waals surface area (Å²) in [5.74, 6) is 0.187. The molecule has 1 aromatic carbocycles. The van der Waals surface area contributed by atoms with Crippen molar-refractivity contribution < 1.29 is 18.7 Å². The molecule has 0 radical (unpaired) electrons. The Morgan fingerprint density at radius 2 is 1.94 bits per heavy atom. The van der Waals surface area contributed by atoms with Crippen LogP contribution in [-0.2, 0) is 29.0 Å². The SMILES string of the molecule is O=C(c1ccc(F)cc1)C1CCN(C(=O)CCCc2nc3c(c(=O)[nH]2)COCC3)CC1. The average Bonchev–Trinajstić information content (AvgIpc) is 2.79. The summed E-state index contributed by atoms with van der Waals surface area (Å²) in [5, 5.41) is 0. The molecular formula is C23H26FN3O4. The maximum absolute atomic E-state index is 13.1. The average molecular weight is 427 g/mol. The maximum atomic E-state index is 13.1. The molecular weight excluding hydrogens is 401 g/mol. The van der Waals surface area contributed by atoms with E-state index in [-0.39, 0.29) is 29.0 Å². The third-order valence-corrected chi connectivity index (χ3v) is 6.03. The lowest BCUT2D eigenvalue weighted by Crippen LogP contribution is -2.40. The van der Waals surface area contributed by atoms with Crippen molar-refractivity contribution in [2.75, 3.05) is 19.7 Å². The number of rotatable bonds is 6. The molecule has 164 valence electrons. The number of aromatic nitrogens is 2. The first kappa shape index (κ1) is 21.4. The largest absolute Gasteiger partial charge is 0.376 e. The van der Waals surface area contributed by atoms with Crippen molar-refractivity contribution in [1.29, 1.82) is 0 Å². The van der Waals surface area contributed by atoms with Crippen LogP contribution >= 0.6 is 0 Å². The lowest BCUT2D eigenvalue weighted by Gasteiger charge is -2.31. The number of amides is 1. The van der Waals surface area contributed by atoms with E-state index in [0.29, 0.717) is 81.8 Å². The number of Topliss-reactive ketones (excluding diaryl/α,β-unsaturated/α-hetero) is 1. The van der Waals surface area contributed by atoms with Crippen LogP contribution in [0.2, 0.25) is 0 Å². The van der Waals surface area contributed by atoms with Gasteiger partial charge in [0.15, 0.2) is 5.78 Å². The number of benzene rings is 1. The van der Waals surface area contributed by atoms with Crippen LogP contribution in [0.5, 0.6) is 0 Å². The number of ketones is 1. The smallest absolute Gasteiger partial charge is 0.256 e. The van der Waals surface area contributed by atoms with Crippen molar-refractivity contribution in [2.24, 2.45) is 5.92 Å². The Bertz CT molecular complexity index is 1010. The first-order chi connectivity index (χ1) is 15.0. The Morgan fingerprint density at radius 1 is 1.19 bits per heavy atom. The zero-order chi connectivity index (χ0) is 21.8. The number of likely N-dealkylation sites (tertiary alicyclic amines) is 1. The Labute approximate surface area is 179 Å². The van der Waals surface area contributed by atoms with Gasteiger partial charge in [0.25, 0.3) is 5.56 Å². The van der Waals surface area contributed by atoms with Crippen molar-refractivity contribution in [3.05, 3.63) is 63.1 Å². The fraction of sp³-hybridized carbons (Fsp3) is 0.478. The highest BCUT2D eigenvalue weighted by Crippen LogP contribution is 2.23. The van der Waals surface area contributed by atoms with Gasteiger partial charge in [-0.05, 0) is 43.5 Å². The van der Waals surface area contributed by atoms with E-state index < -0.39 is 0 Å². The van der Waals surface area contributed by atoms with Crippen LogP contribution in [0, 0.1) is 11.7 Å². The Balaban J connectivity index is 1.24. The van der Waals surface area contributed by atoms with Gasteiger partial charge in [-0.2, -0.15) is 0 Å². The van der Waals surface area contributed by atoms with Gasteiger partial charge in [-0.3, -0.25) is 14.4 Å². The molecule has 31 heavy (non-hydrogen) atoms. The molecule has 1 saturated heterocycles. The van der Waals surface area contributed by atoms with E-state index in [2.05, 4.69) is 9.97 Å². The van der Waals surface area contributed by atoms with Crippen molar-refractivity contribution in [1.82, 2.24) is 14.9 Å². The number of aryl methyl sites for hydroxylation is 1. The number of carbonyl (C=O) groups excluding carboxylic acids is 2. The number of carbonyl (C=O) groups is 2. The molecule has 7 nitrogen and oxygen atoms in total. The fourth-order valence-corrected chi connectivity index (χ4v) is 4.22. The molecule has 0 spiro atoms. The molecule has 2 aromatic rings. The molecule has 0 unspecified atom stereocenters. The number of fused-ring (bicyclic) bond motifs is 1. The number of H-pyrrole nitrogens is 1. The summed E-state index contributed by atoms with van der Waals surface area (Å²) >= 11 is 0. The summed E-state index contributed by atoms with van der Waals surface area (Å²) in [6.45, 7) is 1.96. The molecule has 8 heteroatoms. The number of hydrogen-bond acceptors (Lipinski definition) is 5. The minimum Gasteiger partial charge on any atom is -0.376 e. The molecule has 0 bridgehead atoms. The molecule has 0 saturated carbocycles. The molecule has 1 amide bonds. The van der Waals surface area contributed by atoms with Gasteiger partial charge in [-0.25, -0.2) is 9.37 Å². The van der Waals surface area contributed by atoms with Crippen LogP contribution in [-0.4, -0.2) is 46.3 Å². The second-order valence-electron chi connectivity index (χ2n) is 8.12. The van der Waals surface area contributed by atoms with Crippen LogP contribution in [0.1, 0.15) is 53.1 Å². The van der Waals surface area contributed by atoms with E-state index in [9.17, 15) is 18.8 Å². The molecule has 4 rings (SSSR count). The highest BCUT2D eigenvalue weighted by molar-refractivity contribution is 5.98. The predicted molar refractivity (Wildman–Crippen MR) is 111 cm³/mol. The maximum Gasteiger partial charge on any atom is 0.256 e. The third-order valence-electron chi connectivity index (χ3n) is 6.03. The van der Waals surface area contributed by atoms with Gasteiger partial charge >= 0.3 is 0 Å². The summed E-state index contributed by atoms with van der Waals surface area (Å²) in [6, 6.07) is 5.62. The van der Waals surface area contributed by atoms with Crippen molar-refractivity contribution in [3.63, 3.8) is 0 Å². The second-order valence-corrected chi connectivity index (χ2v) is 8.12.